The minimum atomic E-state index is 0.115. The maximum Gasteiger partial charge on any atom is 0.134 e. The van der Waals surface area contributed by atoms with Gasteiger partial charge in [-0.1, -0.05) is 17.7 Å². The number of hydrogen-bond donors (Lipinski definition) is 1. The predicted octanol–water partition coefficient (Wildman–Crippen LogP) is 2.75. The van der Waals surface area contributed by atoms with Gasteiger partial charge in [0.25, 0.3) is 0 Å². The summed E-state index contributed by atoms with van der Waals surface area (Å²) in [7, 11) is 0. The summed E-state index contributed by atoms with van der Waals surface area (Å²) in [5, 5.41) is 10.2. The number of rotatable bonds is 5. The van der Waals surface area contributed by atoms with Gasteiger partial charge in [-0.05, 0) is 31.0 Å². The third-order valence-corrected chi connectivity index (χ3v) is 5.32. The number of aliphatic hydroxyl groups excluding tert-OH is 1. The van der Waals surface area contributed by atoms with Crippen LogP contribution in [-0.4, -0.2) is 53.5 Å². The second-order valence-corrected chi connectivity index (χ2v) is 7.27. The molecule has 3 heterocycles. The Bertz CT molecular complexity index is 760. The molecule has 0 amide bonds. The molecule has 0 saturated carbocycles. The Morgan fingerprint density at radius 1 is 1.15 bits per heavy atom. The van der Waals surface area contributed by atoms with E-state index in [0.717, 1.165) is 56.3 Å². The van der Waals surface area contributed by atoms with E-state index in [1.54, 1.807) is 6.33 Å². The largest absolute Gasteiger partial charge is 0.488 e. The predicted molar refractivity (Wildman–Crippen MR) is 102 cm³/mol. The quantitative estimate of drug-likeness (QED) is 0.868. The highest BCUT2D eigenvalue weighted by Gasteiger charge is 2.28. The van der Waals surface area contributed by atoms with Gasteiger partial charge in [0, 0.05) is 30.6 Å². The van der Waals surface area contributed by atoms with Gasteiger partial charge in [0.15, 0.2) is 0 Å². The Hall–Kier alpha value is -2.05. The van der Waals surface area contributed by atoms with Crippen LogP contribution in [0.15, 0.2) is 36.7 Å². The Morgan fingerprint density at radius 3 is 2.88 bits per heavy atom. The van der Waals surface area contributed by atoms with Crippen LogP contribution in [0, 0.1) is 0 Å². The number of nitrogens with zero attached hydrogens (tertiary/aromatic N) is 4. The molecule has 2 atom stereocenters. The lowest BCUT2D eigenvalue weighted by atomic mass is 10.2. The van der Waals surface area contributed by atoms with Crippen LogP contribution in [0.25, 0.3) is 0 Å². The molecule has 0 aliphatic carbocycles. The van der Waals surface area contributed by atoms with E-state index < -0.39 is 0 Å². The fourth-order valence-electron chi connectivity index (χ4n) is 3.76. The van der Waals surface area contributed by atoms with Crippen molar-refractivity contribution in [3.63, 3.8) is 0 Å². The Kier molecular flexibility index (Phi) is 5.13. The van der Waals surface area contributed by atoms with Crippen LogP contribution in [-0.2, 0) is 0 Å². The molecule has 2 saturated heterocycles. The summed E-state index contributed by atoms with van der Waals surface area (Å²) in [5.74, 6) is 2.61. The molecule has 2 aliphatic rings. The summed E-state index contributed by atoms with van der Waals surface area (Å²) in [6.45, 7) is 2.78. The Morgan fingerprint density at radius 2 is 2.04 bits per heavy atom. The fraction of sp³-hybridized carbons (Fsp3) is 0.474. The lowest BCUT2D eigenvalue weighted by Crippen LogP contribution is -2.33. The Labute approximate surface area is 158 Å². The van der Waals surface area contributed by atoms with Gasteiger partial charge >= 0.3 is 0 Å². The van der Waals surface area contributed by atoms with Gasteiger partial charge in [0.2, 0.25) is 0 Å². The van der Waals surface area contributed by atoms with Crippen molar-refractivity contribution in [3.05, 3.63) is 41.7 Å². The minimum absolute atomic E-state index is 0.115. The van der Waals surface area contributed by atoms with E-state index in [1.165, 1.54) is 0 Å². The summed E-state index contributed by atoms with van der Waals surface area (Å²) in [6, 6.07) is 9.70. The Balaban J connectivity index is 1.43. The first-order valence-corrected chi connectivity index (χ1v) is 9.47. The molecule has 4 rings (SSSR count). The summed E-state index contributed by atoms with van der Waals surface area (Å²) in [6.07, 6.45) is 4.76. The molecule has 1 aromatic heterocycles. The van der Waals surface area contributed by atoms with Crippen molar-refractivity contribution in [2.75, 3.05) is 36.0 Å². The van der Waals surface area contributed by atoms with E-state index in [9.17, 15) is 5.11 Å². The van der Waals surface area contributed by atoms with Crippen molar-refractivity contribution in [2.45, 2.75) is 31.4 Å². The van der Waals surface area contributed by atoms with Gasteiger partial charge in [0.05, 0.1) is 19.2 Å². The maximum absolute atomic E-state index is 9.55. The molecular weight excluding hydrogens is 352 g/mol. The van der Waals surface area contributed by atoms with Crippen LogP contribution in [0.4, 0.5) is 11.6 Å². The molecule has 1 aromatic carbocycles. The molecule has 1 N–H and O–H groups in total. The summed E-state index contributed by atoms with van der Waals surface area (Å²) in [5.41, 5.74) is 0. The monoisotopic (exact) mass is 374 g/mol. The van der Waals surface area contributed by atoms with E-state index in [2.05, 4.69) is 19.8 Å². The van der Waals surface area contributed by atoms with E-state index in [0.29, 0.717) is 5.02 Å². The topological polar surface area (TPSA) is 61.7 Å². The zero-order valence-corrected chi connectivity index (χ0v) is 15.3. The first-order chi connectivity index (χ1) is 12.7. The molecular formula is C19H23ClN4O2. The third kappa shape index (κ3) is 3.71. The first-order valence-electron chi connectivity index (χ1n) is 9.09. The number of benzene rings is 1. The molecule has 138 valence electrons. The van der Waals surface area contributed by atoms with Gasteiger partial charge in [0.1, 0.15) is 29.8 Å². The van der Waals surface area contributed by atoms with Gasteiger partial charge in [-0.25, -0.2) is 9.97 Å². The van der Waals surface area contributed by atoms with Crippen molar-refractivity contribution >= 4 is 23.2 Å². The van der Waals surface area contributed by atoms with Crippen LogP contribution >= 0.6 is 11.6 Å². The zero-order chi connectivity index (χ0) is 17.9. The molecule has 0 bridgehead atoms. The SMILES string of the molecule is OCC1CCCN1c1cc(N2CCC(Oc3cccc(Cl)c3)C2)ncn1. The molecule has 2 fully saturated rings. The van der Waals surface area contributed by atoms with Gasteiger partial charge in [-0.3, -0.25) is 0 Å². The van der Waals surface area contributed by atoms with Crippen molar-refractivity contribution in [1.82, 2.24) is 9.97 Å². The van der Waals surface area contributed by atoms with Crippen LogP contribution in [0.5, 0.6) is 5.75 Å². The summed E-state index contributed by atoms with van der Waals surface area (Å²) in [4.78, 5) is 13.3. The van der Waals surface area contributed by atoms with Crippen LogP contribution in [0.3, 0.4) is 0 Å². The highest BCUT2D eigenvalue weighted by molar-refractivity contribution is 6.30. The van der Waals surface area contributed by atoms with Crippen molar-refractivity contribution in [3.8, 4) is 5.75 Å². The smallest absolute Gasteiger partial charge is 0.134 e. The van der Waals surface area contributed by atoms with Crippen LogP contribution < -0.4 is 14.5 Å². The highest BCUT2D eigenvalue weighted by atomic mass is 35.5. The number of halogens is 1. The standard InChI is InChI=1S/C19H23ClN4O2/c20-14-3-1-5-16(9-14)26-17-6-8-23(11-17)18-10-19(22-13-21-18)24-7-2-4-15(24)12-25/h1,3,5,9-10,13,15,17,25H,2,4,6-8,11-12H2. The van der Waals surface area contributed by atoms with Gasteiger partial charge in [-0.2, -0.15) is 0 Å². The number of aromatic nitrogens is 2. The number of hydrogen-bond acceptors (Lipinski definition) is 6. The minimum Gasteiger partial charge on any atom is -0.488 e. The van der Waals surface area contributed by atoms with Crippen LogP contribution in [0.2, 0.25) is 5.02 Å². The van der Waals surface area contributed by atoms with E-state index >= 15 is 0 Å². The van der Waals surface area contributed by atoms with Crippen molar-refractivity contribution in [1.29, 1.82) is 0 Å². The average Bonchev–Trinajstić information content (AvgIpc) is 3.31. The van der Waals surface area contributed by atoms with E-state index in [4.69, 9.17) is 16.3 Å². The van der Waals surface area contributed by atoms with Gasteiger partial charge < -0.3 is 19.6 Å². The molecule has 0 spiro atoms. The fourth-order valence-corrected chi connectivity index (χ4v) is 3.94. The molecule has 0 radical (unpaired) electrons. The molecule has 2 aliphatic heterocycles. The van der Waals surface area contributed by atoms with E-state index in [1.807, 2.05) is 30.3 Å². The van der Waals surface area contributed by atoms with Crippen LogP contribution in [0.1, 0.15) is 19.3 Å². The lowest BCUT2D eigenvalue weighted by molar-refractivity contribution is 0.225. The van der Waals surface area contributed by atoms with E-state index in [-0.39, 0.29) is 18.8 Å². The number of aliphatic hydroxyl groups is 1. The zero-order valence-electron chi connectivity index (χ0n) is 14.6. The summed E-state index contributed by atoms with van der Waals surface area (Å²) >= 11 is 6.03. The molecule has 26 heavy (non-hydrogen) atoms. The molecule has 2 aromatic rings. The second kappa shape index (κ2) is 7.68. The molecule has 2 unspecified atom stereocenters. The first kappa shape index (κ1) is 17.4. The maximum atomic E-state index is 9.55. The molecule has 7 heteroatoms. The highest BCUT2D eigenvalue weighted by Crippen LogP contribution is 2.28. The normalized spacial score (nSPS) is 22.8. The number of anilines is 2. The third-order valence-electron chi connectivity index (χ3n) is 5.09. The number of ether oxygens (including phenoxy) is 1. The van der Waals surface area contributed by atoms with Crippen molar-refractivity contribution < 1.29 is 9.84 Å². The lowest BCUT2D eigenvalue weighted by Gasteiger charge is -2.25. The van der Waals surface area contributed by atoms with Gasteiger partial charge in [-0.15, -0.1) is 0 Å². The molecule has 6 nitrogen and oxygen atoms in total. The van der Waals surface area contributed by atoms with Crippen molar-refractivity contribution in [2.24, 2.45) is 0 Å². The average molecular weight is 375 g/mol. The summed E-state index contributed by atoms with van der Waals surface area (Å²) < 4.78 is 6.06. The second-order valence-electron chi connectivity index (χ2n) is 6.84.